The lowest BCUT2D eigenvalue weighted by Gasteiger charge is -2.58. The molecular weight excluding hydrogens is 284 g/mol. The summed E-state index contributed by atoms with van der Waals surface area (Å²) in [7, 11) is 2.18. The standard InChI is InChI=1S/C20H34N2O/c1-14(19(23)21-18-5-3-4-6-18)22(2)13-20-10-15-7-16(11-20)9-17(8-15)12-20/h14-18H,3-13H2,1-2H3,(H,21,23)/t14-,15?,16?,17?,20?/m1/s1. The molecule has 23 heavy (non-hydrogen) atoms. The van der Waals surface area contributed by atoms with Gasteiger partial charge in [-0.2, -0.15) is 0 Å². The average molecular weight is 319 g/mol. The Bertz CT molecular complexity index is 419. The van der Waals surface area contributed by atoms with E-state index >= 15 is 0 Å². The van der Waals surface area contributed by atoms with Gasteiger partial charge in [-0.25, -0.2) is 0 Å². The minimum atomic E-state index is 0.0172. The highest BCUT2D eigenvalue weighted by atomic mass is 16.2. The molecule has 1 amide bonds. The molecule has 0 spiro atoms. The van der Waals surface area contributed by atoms with Crippen molar-refractivity contribution in [2.45, 2.75) is 83.2 Å². The molecule has 4 bridgehead atoms. The number of carbonyl (C=O) groups excluding carboxylic acids is 1. The predicted octanol–water partition coefficient (Wildman–Crippen LogP) is 3.58. The fourth-order valence-corrected chi connectivity index (χ4v) is 6.74. The first-order valence-electron chi connectivity index (χ1n) is 10.0. The minimum absolute atomic E-state index is 0.0172. The monoisotopic (exact) mass is 318 g/mol. The first kappa shape index (κ1) is 15.9. The van der Waals surface area contributed by atoms with Crippen LogP contribution in [-0.4, -0.2) is 36.5 Å². The van der Waals surface area contributed by atoms with Crippen molar-refractivity contribution in [1.82, 2.24) is 10.2 Å². The Morgan fingerprint density at radius 2 is 1.61 bits per heavy atom. The molecule has 0 heterocycles. The number of amides is 1. The molecule has 0 saturated heterocycles. The van der Waals surface area contributed by atoms with Crippen LogP contribution in [0.1, 0.15) is 71.1 Å². The lowest BCUT2D eigenvalue weighted by atomic mass is 9.49. The summed E-state index contributed by atoms with van der Waals surface area (Å²) in [6.45, 7) is 3.24. The van der Waals surface area contributed by atoms with Gasteiger partial charge in [-0.05, 0) is 88.5 Å². The van der Waals surface area contributed by atoms with Crippen molar-refractivity contribution in [3.05, 3.63) is 0 Å². The number of carbonyl (C=O) groups is 1. The summed E-state index contributed by atoms with van der Waals surface area (Å²) in [5, 5.41) is 3.29. The zero-order chi connectivity index (χ0) is 16.0. The van der Waals surface area contributed by atoms with E-state index in [2.05, 4.69) is 24.2 Å². The largest absolute Gasteiger partial charge is 0.352 e. The van der Waals surface area contributed by atoms with Crippen LogP contribution in [-0.2, 0) is 4.79 Å². The summed E-state index contributed by atoms with van der Waals surface area (Å²) >= 11 is 0. The van der Waals surface area contributed by atoms with Gasteiger partial charge in [-0.3, -0.25) is 9.69 Å². The SMILES string of the molecule is C[C@H](C(=O)NC1CCCC1)N(C)CC12CC3CC(CC(C3)C1)C2. The van der Waals surface area contributed by atoms with Crippen molar-refractivity contribution < 1.29 is 4.79 Å². The van der Waals surface area contributed by atoms with Crippen LogP contribution in [0.5, 0.6) is 0 Å². The van der Waals surface area contributed by atoms with Crippen molar-refractivity contribution in [2.24, 2.45) is 23.2 Å². The molecule has 0 aromatic carbocycles. The fourth-order valence-electron chi connectivity index (χ4n) is 6.74. The van der Waals surface area contributed by atoms with Gasteiger partial charge >= 0.3 is 0 Å². The normalized spacial score (nSPS) is 40.7. The van der Waals surface area contributed by atoms with Crippen molar-refractivity contribution in [3.8, 4) is 0 Å². The number of hydrogen-bond acceptors (Lipinski definition) is 2. The lowest BCUT2D eigenvalue weighted by molar-refractivity contribution is -0.128. The minimum Gasteiger partial charge on any atom is -0.352 e. The third kappa shape index (κ3) is 3.18. The van der Waals surface area contributed by atoms with E-state index in [0.29, 0.717) is 11.5 Å². The van der Waals surface area contributed by atoms with Crippen LogP contribution < -0.4 is 5.32 Å². The number of nitrogens with one attached hydrogen (secondary N) is 1. The van der Waals surface area contributed by atoms with Gasteiger partial charge < -0.3 is 5.32 Å². The quantitative estimate of drug-likeness (QED) is 0.840. The summed E-state index contributed by atoms with van der Waals surface area (Å²) < 4.78 is 0. The van der Waals surface area contributed by atoms with Gasteiger partial charge in [0.15, 0.2) is 0 Å². The number of hydrogen-bond donors (Lipinski definition) is 1. The summed E-state index contributed by atoms with van der Waals surface area (Å²) in [6.07, 6.45) is 13.7. The van der Waals surface area contributed by atoms with Gasteiger partial charge in [0.25, 0.3) is 0 Å². The predicted molar refractivity (Wildman–Crippen MR) is 93.1 cm³/mol. The number of nitrogens with zero attached hydrogens (tertiary/aromatic N) is 1. The topological polar surface area (TPSA) is 32.3 Å². The summed E-state index contributed by atoms with van der Waals surface area (Å²) in [5.74, 6) is 3.25. The Morgan fingerprint density at radius 3 is 2.13 bits per heavy atom. The van der Waals surface area contributed by atoms with Crippen molar-refractivity contribution in [1.29, 1.82) is 0 Å². The Kier molecular flexibility index (Phi) is 4.19. The van der Waals surface area contributed by atoms with Gasteiger partial charge in [-0.15, -0.1) is 0 Å². The van der Waals surface area contributed by atoms with Crippen LogP contribution in [0.4, 0.5) is 0 Å². The molecule has 130 valence electrons. The smallest absolute Gasteiger partial charge is 0.237 e. The Labute approximate surface area is 141 Å². The van der Waals surface area contributed by atoms with E-state index < -0.39 is 0 Å². The molecule has 3 nitrogen and oxygen atoms in total. The Morgan fingerprint density at radius 1 is 1.09 bits per heavy atom. The second-order valence-corrected chi connectivity index (χ2v) is 9.50. The summed E-state index contributed by atoms with van der Waals surface area (Å²) in [5.41, 5.74) is 0.533. The first-order chi connectivity index (χ1) is 11.0. The summed E-state index contributed by atoms with van der Waals surface area (Å²) in [4.78, 5) is 14.9. The molecule has 3 heteroatoms. The van der Waals surface area contributed by atoms with Gasteiger partial charge in [0.05, 0.1) is 6.04 Å². The van der Waals surface area contributed by atoms with E-state index in [4.69, 9.17) is 0 Å². The van der Waals surface area contributed by atoms with Crippen LogP contribution in [0.15, 0.2) is 0 Å². The fraction of sp³-hybridized carbons (Fsp3) is 0.950. The van der Waals surface area contributed by atoms with E-state index in [9.17, 15) is 4.79 Å². The van der Waals surface area contributed by atoms with E-state index in [1.807, 2.05) is 0 Å². The molecule has 5 fully saturated rings. The summed E-state index contributed by atoms with van der Waals surface area (Å²) in [6, 6.07) is 0.460. The highest BCUT2D eigenvalue weighted by Crippen LogP contribution is 2.60. The van der Waals surface area contributed by atoms with Gasteiger partial charge in [0.2, 0.25) is 5.91 Å². The van der Waals surface area contributed by atoms with Crippen molar-refractivity contribution >= 4 is 5.91 Å². The van der Waals surface area contributed by atoms with Crippen LogP contribution >= 0.6 is 0 Å². The molecule has 5 aliphatic carbocycles. The van der Waals surface area contributed by atoms with Crippen LogP contribution in [0.3, 0.4) is 0 Å². The second kappa shape index (κ2) is 6.06. The zero-order valence-electron chi connectivity index (χ0n) is 15.0. The van der Waals surface area contributed by atoms with E-state index in [0.717, 1.165) is 24.3 Å². The third-order valence-corrected chi connectivity index (χ3v) is 7.49. The van der Waals surface area contributed by atoms with Crippen molar-refractivity contribution in [2.75, 3.05) is 13.6 Å². The maximum atomic E-state index is 12.6. The van der Waals surface area contributed by atoms with Gasteiger partial charge in [0, 0.05) is 12.6 Å². The first-order valence-corrected chi connectivity index (χ1v) is 10.0. The maximum Gasteiger partial charge on any atom is 0.237 e. The molecule has 0 aromatic rings. The number of rotatable bonds is 5. The Balaban J connectivity index is 1.35. The van der Waals surface area contributed by atoms with Crippen LogP contribution in [0, 0.1) is 23.2 Å². The highest BCUT2D eigenvalue weighted by molar-refractivity contribution is 5.81. The van der Waals surface area contributed by atoms with E-state index in [1.165, 1.54) is 64.2 Å². The van der Waals surface area contributed by atoms with E-state index in [1.54, 1.807) is 0 Å². The van der Waals surface area contributed by atoms with Crippen LogP contribution in [0.25, 0.3) is 0 Å². The molecule has 1 atom stereocenters. The zero-order valence-corrected chi connectivity index (χ0v) is 15.0. The highest BCUT2D eigenvalue weighted by Gasteiger charge is 2.51. The molecule has 5 aliphatic rings. The molecular formula is C20H34N2O. The molecule has 0 unspecified atom stereocenters. The Hall–Kier alpha value is -0.570. The molecule has 5 rings (SSSR count). The van der Waals surface area contributed by atoms with Crippen LogP contribution in [0.2, 0.25) is 0 Å². The molecule has 0 aliphatic heterocycles. The molecule has 0 radical (unpaired) electrons. The third-order valence-electron chi connectivity index (χ3n) is 7.49. The number of likely N-dealkylation sites (N-methyl/N-ethyl adjacent to an activating group) is 1. The molecule has 5 saturated carbocycles. The van der Waals surface area contributed by atoms with Gasteiger partial charge in [-0.1, -0.05) is 12.8 Å². The molecule has 1 N–H and O–H groups in total. The maximum absolute atomic E-state index is 12.6. The van der Waals surface area contributed by atoms with E-state index in [-0.39, 0.29) is 11.9 Å². The van der Waals surface area contributed by atoms with Gasteiger partial charge in [0.1, 0.15) is 0 Å². The average Bonchev–Trinajstić information content (AvgIpc) is 2.97. The second-order valence-electron chi connectivity index (χ2n) is 9.50. The lowest BCUT2D eigenvalue weighted by Crippen LogP contribution is -2.54. The van der Waals surface area contributed by atoms with Crippen molar-refractivity contribution in [3.63, 3.8) is 0 Å². The molecule has 0 aromatic heterocycles.